The summed E-state index contributed by atoms with van der Waals surface area (Å²) < 4.78 is 0. The number of aromatic hydroxyl groups is 1. The Bertz CT molecular complexity index is 744. The van der Waals surface area contributed by atoms with Gasteiger partial charge in [-0.3, -0.25) is 15.0 Å². The number of hydrogen-bond donors (Lipinski definition) is 4. The van der Waals surface area contributed by atoms with Gasteiger partial charge in [-0.15, -0.1) is 0 Å². The molecule has 4 N–H and O–H groups in total. The van der Waals surface area contributed by atoms with Crippen LogP contribution in [0.5, 0.6) is 5.88 Å². The molecule has 0 aliphatic carbocycles. The number of carbonyl (C=O) groups is 1. The van der Waals surface area contributed by atoms with Gasteiger partial charge in [0.05, 0.1) is 0 Å². The highest BCUT2D eigenvalue weighted by Gasteiger charge is 2.18. The first-order chi connectivity index (χ1) is 12.1. The highest BCUT2D eigenvalue weighted by atomic mass is 16.3. The number of aryl methyl sites for hydroxylation is 2. The molecule has 25 heavy (non-hydrogen) atoms. The van der Waals surface area contributed by atoms with E-state index in [0.29, 0.717) is 18.8 Å². The van der Waals surface area contributed by atoms with Gasteiger partial charge in [0.15, 0.2) is 5.56 Å². The summed E-state index contributed by atoms with van der Waals surface area (Å²) in [5.74, 6) is -0.858. The number of aromatic nitrogens is 2. The van der Waals surface area contributed by atoms with E-state index in [4.69, 9.17) is 0 Å². The number of amides is 1. The van der Waals surface area contributed by atoms with Crippen LogP contribution in [-0.2, 0) is 12.8 Å². The minimum atomic E-state index is -0.701. The van der Waals surface area contributed by atoms with Crippen molar-refractivity contribution in [3.05, 3.63) is 57.6 Å². The van der Waals surface area contributed by atoms with Gasteiger partial charge in [0.1, 0.15) is 5.82 Å². The quantitative estimate of drug-likeness (QED) is 0.409. The maximum absolute atomic E-state index is 12.1. The Hall–Kier alpha value is -2.67. The first kappa shape index (κ1) is 18.7. The number of hydrogen-bond acceptors (Lipinski definition) is 5. The second-order valence-electron chi connectivity index (χ2n) is 5.78. The molecule has 0 radical (unpaired) electrons. The highest BCUT2D eigenvalue weighted by molar-refractivity contribution is 5.95. The standard InChI is InChI=1S/C18H24N4O3/c1-2-3-11-14-20-16(23)15(17(24)21-14)18(25)22-19-12-7-10-13-8-5-4-6-9-13/h4-6,8-9,19H,2-3,7,10-12H2,1H3,(H,22,25)(H2,20,21,23,24). The number of aromatic amines is 1. The number of hydrazine groups is 1. The molecule has 2 aromatic rings. The number of nitrogens with zero attached hydrogens (tertiary/aromatic N) is 1. The van der Waals surface area contributed by atoms with Crippen molar-refractivity contribution in [3.63, 3.8) is 0 Å². The minimum Gasteiger partial charge on any atom is -0.493 e. The summed E-state index contributed by atoms with van der Waals surface area (Å²) in [6.07, 6.45) is 4.04. The number of benzene rings is 1. The second-order valence-corrected chi connectivity index (χ2v) is 5.78. The summed E-state index contributed by atoms with van der Waals surface area (Å²) in [6, 6.07) is 10.0. The summed E-state index contributed by atoms with van der Waals surface area (Å²) in [4.78, 5) is 30.5. The van der Waals surface area contributed by atoms with E-state index in [1.54, 1.807) is 0 Å². The van der Waals surface area contributed by atoms with Crippen LogP contribution in [0.4, 0.5) is 0 Å². The smallest absolute Gasteiger partial charge is 0.276 e. The van der Waals surface area contributed by atoms with E-state index in [1.165, 1.54) is 5.56 Å². The van der Waals surface area contributed by atoms with Crippen molar-refractivity contribution in [2.24, 2.45) is 0 Å². The number of carbonyl (C=O) groups excluding carboxylic acids is 1. The lowest BCUT2D eigenvalue weighted by atomic mass is 10.1. The fourth-order valence-electron chi connectivity index (χ4n) is 2.40. The zero-order chi connectivity index (χ0) is 18.1. The van der Waals surface area contributed by atoms with Gasteiger partial charge >= 0.3 is 0 Å². The van der Waals surface area contributed by atoms with Crippen LogP contribution in [0.1, 0.15) is 47.9 Å². The normalized spacial score (nSPS) is 10.6. The predicted octanol–water partition coefficient (Wildman–Crippen LogP) is 1.69. The minimum absolute atomic E-state index is 0.379. The van der Waals surface area contributed by atoms with E-state index in [0.717, 1.165) is 25.7 Å². The Morgan fingerprint density at radius 3 is 2.64 bits per heavy atom. The van der Waals surface area contributed by atoms with Crippen LogP contribution in [0.15, 0.2) is 35.1 Å². The summed E-state index contributed by atoms with van der Waals surface area (Å²) in [6.45, 7) is 2.56. The van der Waals surface area contributed by atoms with Crippen LogP contribution in [0.2, 0.25) is 0 Å². The molecular formula is C18H24N4O3. The summed E-state index contributed by atoms with van der Waals surface area (Å²) in [5, 5.41) is 9.87. The second kappa shape index (κ2) is 9.58. The first-order valence-electron chi connectivity index (χ1n) is 8.51. The highest BCUT2D eigenvalue weighted by Crippen LogP contribution is 2.09. The molecule has 0 fully saturated rings. The van der Waals surface area contributed by atoms with Gasteiger partial charge in [-0.2, -0.15) is 4.98 Å². The molecule has 0 saturated heterocycles. The zero-order valence-corrected chi connectivity index (χ0v) is 14.3. The molecule has 0 atom stereocenters. The molecule has 0 saturated carbocycles. The molecule has 1 aromatic carbocycles. The van der Waals surface area contributed by atoms with Crippen molar-refractivity contribution >= 4 is 5.91 Å². The Morgan fingerprint density at radius 1 is 1.20 bits per heavy atom. The van der Waals surface area contributed by atoms with E-state index in [2.05, 4.69) is 20.8 Å². The van der Waals surface area contributed by atoms with Crippen LogP contribution < -0.4 is 16.4 Å². The number of unbranched alkanes of at least 4 members (excludes halogenated alkanes) is 1. The summed E-state index contributed by atoms with van der Waals surface area (Å²) in [5.41, 5.74) is 5.39. The molecule has 7 heteroatoms. The fraction of sp³-hybridized carbons (Fsp3) is 0.389. The Kier molecular flexibility index (Phi) is 7.16. The Balaban J connectivity index is 1.83. The zero-order valence-electron chi connectivity index (χ0n) is 14.3. The molecule has 1 aromatic heterocycles. The van der Waals surface area contributed by atoms with Gasteiger partial charge in [0.25, 0.3) is 11.5 Å². The van der Waals surface area contributed by atoms with Crippen LogP contribution in [-0.4, -0.2) is 27.5 Å². The number of nitrogens with one attached hydrogen (secondary N) is 3. The van der Waals surface area contributed by atoms with Crippen molar-refractivity contribution in [2.45, 2.75) is 39.0 Å². The SMILES string of the molecule is CCCCc1nc(O)c(C(=O)NNCCCc2ccccc2)c(=O)[nH]1. The van der Waals surface area contributed by atoms with Crippen molar-refractivity contribution in [1.82, 2.24) is 20.8 Å². The Morgan fingerprint density at radius 2 is 1.96 bits per heavy atom. The maximum Gasteiger partial charge on any atom is 0.276 e. The van der Waals surface area contributed by atoms with E-state index >= 15 is 0 Å². The molecule has 134 valence electrons. The van der Waals surface area contributed by atoms with Gasteiger partial charge in [0.2, 0.25) is 5.88 Å². The molecule has 0 aliphatic rings. The average molecular weight is 344 g/mol. The summed E-state index contributed by atoms with van der Waals surface area (Å²) >= 11 is 0. The molecule has 1 amide bonds. The van der Waals surface area contributed by atoms with Crippen LogP contribution >= 0.6 is 0 Å². The van der Waals surface area contributed by atoms with Gasteiger partial charge < -0.3 is 10.1 Å². The van der Waals surface area contributed by atoms with E-state index in [1.807, 2.05) is 37.3 Å². The average Bonchev–Trinajstić information content (AvgIpc) is 2.60. The van der Waals surface area contributed by atoms with Crippen molar-refractivity contribution in [3.8, 4) is 5.88 Å². The predicted molar refractivity (Wildman–Crippen MR) is 95.4 cm³/mol. The fourth-order valence-corrected chi connectivity index (χ4v) is 2.40. The topological polar surface area (TPSA) is 107 Å². The van der Waals surface area contributed by atoms with Gasteiger partial charge in [-0.25, -0.2) is 5.43 Å². The first-order valence-corrected chi connectivity index (χ1v) is 8.51. The lowest BCUT2D eigenvalue weighted by Gasteiger charge is -2.08. The van der Waals surface area contributed by atoms with Crippen LogP contribution in [0.3, 0.4) is 0 Å². The van der Waals surface area contributed by atoms with E-state index in [9.17, 15) is 14.7 Å². The van der Waals surface area contributed by atoms with Gasteiger partial charge in [0, 0.05) is 13.0 Å². The number of rotatable bonds is 9. The molecule has 0 unspecified atom stereocenters. The Labute approximate surface area is 146 Å². The molecule has 1 heterocycles. The molecule has 2 rings (SSSR count). The van der Waals surface area contributed by atoms with Crippen molar-refractivity contribution in [2.75, 3.05) is 6.54 Å². The molecular weight excluding hydrogens is 320 g/mol. The molecule has 0 aliphatic heterocycles. The maximum atomic E-state index is 12.1. The van der Waals surface area contributed by atoms with Crippen molar-refractivity contribution < 1.29 is 9.90 Å². The summed E-state index contributed by atoms with van der Waals surface area (Å²) in [7, 11) is 0. The van der Waals surface area contributed by atoms with Crippen LogP contribution in [0, 0.1) is 0 Å². The lowest BCUT2D eigenvalue weighted by molar-refractivity contribution is 0.0928. The van der Waals surface area contributed by atoms with Crippen molar-refractivity contribution in [1.29, 1.82) is 0 Å². The van der Waals surface area contributed by atoms with E-state index in [-0.39, 0.29) is 5.56 Å². The third kappa shape index (κ3) is 5.72. The van der Waals surface area contributed by atoms with Gasteiger partial charge in [-0.1, -0.05) is 43.7 Å². The third-order valence-corrected chi connectivity index (χ3v) is 3.76. The third-order valence-electron chi connectivity index (χ3n) is 3.76. The number of H-pyrrole nitrogens is 1. The van der Waals surface area contributed by atoms with E-state index < -0.39 is 17.3 Å². The molecule has 7 nitrogen and oxygen atoms in total. The monoisotopic (exact) mass is 344 g/mol. The van der Waals surface area contributed by atoms with Crippen LogP contribution in [0.25, 0.3) is 0 Å². The largest absolute Gasteiger partial charge is 0.493 e. The molecule has 0 spiro atoms. The molecule has 0 bridgehead atoms. The van der Waals surface area contributed by atoms with Gasteiger partial charge in [-0.05, 0) is 24.8 Å². The lowest BCUT2D eigenvalue weighted by Crippen LogP contribution is -2.40.